The largest absolute Gasteiger partial charge is 0.494 e. The van der Waals surface area contributed by atoms with Crippen LogP contribution in [0.3, 0.4) is 0 Å². The molecule has 3 heterocycles. The van der Waals surface area contributed by atoms with Crippen LogP contribution in [0.1, 0.15) is 93.4 Å². The maximum Gasteiger partial charge on any atom is 0.408 e. The summed E-state index contributed by atoms with van der Waals surface area (Å²) in [6.45, 7) is 12.7. The molecular weight excluding hydrogens is 848 g/mol. The van der Waals surface area contributed by atoms with Crippen LogP contribution in [0, 0.1) is 23.6 Å². The van der Waals surface area contributed by atoms with Gasteiger partial charge in [0.15, 0.2) is 17.4 Å². The zero-order chi connectivity index (χ0) is 46.3. The number of aromatic nitrogens is 2. The highest BCUT2D eigenvalue weighted by Crippen LogP contribution is 2.46. The Morgan fingerprint density at radius 1 is 1.03 bits per heavy atom. The van der Waals surface area contributed by atoms with Crippen molar-refractivity contribution in [3.63, 3.8) is 0 Å². The minimum Gasteiger partial charge on any atom is -0.494 e. The van der Waals surface area contributed by atoms with E-state index in [2.05, 4.69) is 22.3 Å². The Labute approximate surface area is 373 Å². The minimum absolute atomic E-state index is 0.0243. The Balaban J connectivity index is 1.27. The summed E-state index contributed by atoms with van der Waals surface area (Å²) < 4.78 is 66.9. The molecular formula is C46H59FN6O10S. The van der Waals surface area contributed by atoms with Crippen LogP contribution in [-0.2, 0) is 29.1 Å². The molecule has 4 amide bonds. The van der Waals surface area contributed by atoms with Gasteiger partial charge in [0.25, 0.3) is 5.91 Å². The fourth-order valence-corrected chi connectivity index (χ4v) is 9.89. The molecule has 18 heteroatoms. The van der Waals surface area contributed by atoms with Gasteiger partial charge >= 0.3 is 6.09 Å². The Morgan fingerprint density at radius 3 is 2.41 bits per heavy atom. The number of ether oxygens (including phenoxy) is 4. The number of nitrogens with zero attached hydrogens (tertiary/aromatic N) is 3. The summed E-state index contributed by atoms with van der Waals surface area (Å²) >= 11 is 0. The van der Waals surface area contributed by atoms with E-state index in [0.29, 0.717) is 42.5 Å². The van der Waals surface area contributed by atoms with Crippen LogP contribution in [0.15, 0.2) is 48.6 Å². The van der Waals surface area contributed by atoms with Crippen molar-refractivity contribution in [3.05, 3.63) is 54.4 Å². The fraction of sp³-hybridized carbons (Fsp3) is 0.565. The van der Waals surface area contributed by atoms with E-state index < -0.39 is 86.1 Å². The molecule has 0 radical (unpaired) electrons. The van der Waals surface area contributed by atoms with Crippen LogP contribution in [0.5, 0.6) is 17.4 Å². The number of allylic oxidation sites excluding steroid dienone is 1. The summed E-state index contributed by atoms with van der Waals surface area (Å²) in [6.07, 6.45) is 4.78. The molecule has 2 aliphatic heterocycles. The van der Waals surface area contributed by atoms with E-state index in [4.69, 9.17) is 28.9 Å². The Hall–Kier alpha value is -5.52. The summed E-state index contributed by atoms with van der Waals surface area (Å²) in [4.78, 5) is 67.8. The minimum atomic E-state index is -3.97. The van der Waals surface area contributed by atoms with Gasteiger partial charge in [0.05, 0.1) is 35.9 Å². The predicted octanol–water partition coefficient (Wildman–Crippen LogP) is 5.97. The highest BCUT2D eigenvalue weighted by atomic mass is 32.2. The molecule has 2 aromatic carbocycles. The first kappa shape index (κ1) is 46.5. The molecule has 16 nitrogen and oxygen atoms in total. The van der Waals surface area contributed by atoms with Crippen LogP contribution in [0.2, 0.25) is 0 Å². The zero-order valence-corrected chi connectivity index (χ0v) is 38.4. The predicted molar refractivity (Wildman–Crippen MR) is 235 cm³/mol. The van der Waals surface area contributed by atoms with Gasteiger partial charge in [0.2, 0.25) is 27.7 Å². The lowest BCUT2D eigenvalue weighted by Gasteiger charge is -2.33. The quantitative estimate of drug-likeness (QED) is 0.202. The molecule has 64 heavy (non-hydrogen) atoms. The van der Waals surface area contributed by atoms with Crippen LogP contribution in [0.4, 0.5) is 9.18 Å². The monoisotopic (exact) mass is 906 g/mol. The first-order valence-corrected chi connectivity index (χ1v) is 23.5. The lowest BCUT2D eigenvalue weighted by atomic mass is 9.88. The third-order valence-electron chi connectivity index (χ3n) is 12.0. The molecule has 0 bridgehead atoms. The van der Waals surface area contributed by atoms with Gasteiger partial charge in [-0.1, -0.05) is 26.0 Å². The number of halogens is 1. The summed E-state index contributed by atoms with van der Waals surface area (Å²) in [5.41, 5.74) is -1.58. The number of nitrogens with one attached hydrogen (secondary N) is 3. The van der Waals surface area contributed by atoms with Crippen molar-refractivity contribution >= 4 is 44.7 Å². The standard InChI is InChI=1S/C46H59FN6O10S/c1-25(2)61-30-15-13-28(14-16-30)39-48-35-22-37(60-8)34(47)21-33(35)41(50-39)62-31-20-36-40(54)51-46(43(56)52-64(58,59)32-17-18-32)23-29(46)12-10-9-11-26(3)19-27(4)38(42(55)53(36)24-31)49-44(57)63-45(5,6)7/h10,12-16,21-22,25-27,29,31-32,36,38H,9,11,17-20,23-24H2,1-8H3,(H,49,57)(H,51,54)(H,52,56)/b12-10-/t26-,27+,29+,31+,36-,38-,46+/m0/s1. The highest BCUT2D eigenvalue weighted by molar-refractivity contribution is 7.91. The molecule has 2 aliphatic carbocycles. The van der Waals surface area contributed by atoms with Gasteiger partial charge in [-0.2, -0.15) is 4.98 Å². The third-order valence-corrected chi connectivity index (χ3v) is 13.8. The Bertz CT molecular complexity index is 2420. The molecule has 7 rings (SSSR count). The number of amides is 4. The summed E-state index contributed by atoms with van der Waals surface area (Å²) in [6, 6.07) is 7.33. The van der Waals surface area contributed by atoms with Crippen molar-refractivity contribution in [1.29, 1.82) is 0 Å². The molecule has 3 fully saturated rings. The van der Waals surface area contributed by atoms with Crippen LogP contribution in [0.25, 0.3) is 22.3 Å². The SMILES string of the molecule is COc1cc2nc(-c3ccc(OC(C)C)cc3)nc(O[C@@H]3C[C@H]4C(=O)N[C@]5(C(=O)NS(=O)(=O)C6CC6)C[C@H]5/C=C\CC[C@H](C)C[C@@H](C)[C@H](NC(=O)OC(C)(C)C)C(=O)N4C3)c2cc1F. The summed E-state index contributed by atoms with van der Waals surface area (Å²) in [5, 5.41) is 5.19. The number of hydrogen-bond donors (Lipinski definition) is 3. The number of methoxy groups -OCH3 is 1. The molecule has 2 saturated carbocycles. The second-order valence-electron chi connectivity index (χ2n) is 18.9. The van der Waals surface area contributed by atoms with E-state index in [1.54, 1.807) is 45.0 Å². The molecule has 1 aromatic heterocycles. The molecule has 3 aromatic rings. The van der Waals surface area contributed by atoms with Gasteiger partial charge in [-0.25, -0.2) is 22.6 Å². The Morgan fingerprint density at radius 2 is 1.75 bits per heavy atom. The van der Waals surface area contributed by atoms with Crippen molar-refractivity contribution in [2.75, 3.05) is 13.7 Å². The van der Waals surface area contributed by atoms with E-state index >= 15 is 9.18 Å². The lowest BCUT2D eigenvalue weighted by molar-refractivity contribution is -0.142. The van der Waals surface area contributed by atoms with E-state index in [9.17, 15) is 22.8 Å². The number of alkyl carbamates (subject to hydrolysis) is 1. The maximum atomic E-state index is 15.4. The van der Waals surface area contributed by atoms with Gasteiger partial charge in [0.1, 0.15) is 35.1 Å². The van der Waals surface area contributed by atoms with Gasteiger partial charge < -0.3 is 34.5 Å². The molecule has 346 valence electrons. The van der Waals surface area contributed by atoms with Crippen molar-refractivity contribution in [2.45, 2.75) is 134 Å². The van der Waals surface area contributed by atoms with E-state index in [1.807, 2.05) is 32.9 Å². The second kappa shape index (κ2) is 18.2. The lowest BCUT2D eigenvalue weighted by Crippen LogP contribution is -2.59. The number of benzene rings is 2. The second-order valence-corrected chi connectivity index (χ2v) is 20.9. The normalized spacial score (nSPS) is 27.0. The van der Waals surface area contributed by atoms with Crippen molar-refractivity contribution in [1.82, 2.24) is 30.2 Å². The molecule has 7 atom stereocenters. The molecule has 3 N–H and O–H groups in total. The van der Waals surface area contributed by atoms with E-state index in [-0.39, 0.29) is 54.2 Å². The van der Waals surface area contributed by atoms with Gasteiger partial charge in [-0.15, -0.1) is 0 Å². The van der Waals surface area contributed by atoms with Gasteiger partial charge in [0, 0.05) is 24.0 Å². The van der Waals surface area contributed by atoms with E-state index in [0.717, 1.165) is 6.42 Å². The summed E-state index contributed by atoms with van der Waals surface area (Å²) in [5.74, 6) is -2.87. The van der Waals surface area contributed by atoms with Crippen molar-refractivity contribution in [3.8, 4) is 28.8 Å². The number of carbonyl (C=O) groups excluding carboxylic acids is 4. The van der Waals surface area contributed by atoms with Crippen molar-refractivity contribution in [2.24, 2.45) is 17.8 Å². The Kier molecular flexibility index (Phi) is 13.2. The maximum absolute atomic E-state index is 15.4. The fourth-order valence-electron chi connectivity index (χ4n) is 8.52. The average molecular weight is 907 g/mol. The molecule has 4 aliphatic rings. The highest BCUT2D eigenvalue weighted by Gasteiger charge is 2.62. The van der Waals surface area contributed by atoms with E-state index in [1.165, 1.54) is 24.1 Å². The van der Waals surface area contributed by atoms with Crippen LogP contribution in [-0.4, -0.2) is 101 Å². The number of sulfonamides is 1. The first-order chi connectivity index (χ1) is 30.2. The average Bonchev–Trinajstić information content (AvgIpc) is 4.14. The van der Waals surface area contributed by atoms with Crippen molar-refractivity contribution < 1.29 is 50.9 Å². The molecule has 0 spiro atoms. The zero-order valence-electron chi connectivity index (χ0n) is 37.6. The smallest absolute Gasteiger partial charge is 0.408 e. The first-order valence-electron chi connectivity index (χ1n) is 22.0. The molecule has 1 saturated heterocycles. The van der Waals surface area contributed by atoms with Crippen LogP contribution >= 0.6 is 0 Å². The number of hydrogen-bond acceptors (Lipinski definition) is 12. The van der Waals surface area contributed by atoms with Gasteiger partial charge in [-0.05, 0) is 115 Å². The van der Waals surface area contributed by atoms with Crippen LogP contribution < -0.4 is 29.6 Å². The molecule has 0 unspecified atom stereocenters. The summed E-state index contributed by atoms with van der Waals surface area (Å²) in [7, 11) is -2.63. The number of fused-ring (bicyclic) bond motifs is 3. The topological polar surface area (TPSA) is 204 Å². The third kappa shape index (κ3) is 10.5. The van der Waals surface area contributed by atoms with Gasteiger partial charge in [-0.3, -0.25) is 19.1 Å². The number of carbonyl (C=O) groups is 4. The number of rotatable bonds is 10.